The van der Waals surface area contributed by atoms with Gasteiger partial charge in [-0.3, -0.25) is 4.67 Å². The van der Waals surface area contributed by atoms with Gasteiger partial charge in [0.05, 0.1) is 11.5 Å². The molecule has 1 aromatic rings. The molecule has 1 unspecified atom stereocenters. The van der Waals surface area contributed by atoms with Crippen LogP contribution >= 0.6 is 9.39 Å². The van der Waals surface area contributed by atoms with E-state index in [0.717, 1.165) is 32.4 Å². The van der Waals surface area contributed by atoms with E-state index >= 15 is 0 Å². The van der Waals surface area contributed by atoms with Gasteiger partial charge in [0.2, 0.25) is 0 Å². The van der Waals surface area contributed by atoms with Gasteiger partial charge in [0, 0.05) is 13.1 Å². The van der Waals surface area contributed by atoms with Crippen LogP contribution in [0.4, 0.5) is 0 Å². The molecule has 0 amide bonds. The average Bonchev–Trinajstić information content (AvgIpc) is 2.34. The zero-order valence-electron chi connectivity index (χ0n) is 9.39. The van der Waals surface area contributed by atoms with E-state index in [9.17, 15) is 5.26 Å². The lowest BCUT2D eigenvalue weighted by molar-refractivity contribution is 0.222. The number of benzene rings is 1. The summed E-state index contributed by atoms with van der Waals surface area (Å²) in [7, 11) is 2.73. The second-order valence-corrected chi connectivity index (χ2v) is 5.32. The Kier molecular flexibility index (Phi) is 3.59. The Morgan fingerprint density at radius 1 is 1.25 bits per heavy atom. The molecule has 2 rings (SSSR count). The fourth-order valence-corrected chi connectivity index (χ4v) is 2.52. The fraction of sp³-hybridized carbons (Fsp3) is 0.462. The van der Waals surface area contributed by atoms with Crippen LogP contribution in [0.25, 0.3) is 0 Å². The van der Waals surface area contributed by atoms with E-state index < -0.39 is 0 Å². The van der Waals surface area contributed by atoms with Crippen LogP contribution in [-0.2, 0) is 6.42 Å². The molecular formula is C13H17N2P. The Labute approximate surface area is 99.5 Å². The van der Waals surface area contributed by atoms with Gasteiger partial charge in [-0.1, -0.05) is 39.7 Å². The molecule has 0 bridgehead atoms. The van der Waals surface area contributed by atoms with Crippen molar-refractivity contribution in [1.82, 2.24) is 4.67 Å². The maximum absolute atomic E-state index is 9.41. The molecule has 16 heavy (non-hydrogen) atoms. The molecule has 0 aliphatic carbocycles. The van der Waals surface area contributed by atoms with Crippen molar-refractivity contribution in [3.05, 3.63) is 35.9 Å². The van der Waals surface area contributed by atoms with Gasteiger partial charge in [-0.25, -0.2) is 0 Å². The van der Waals surface area contributed by atoms with Crippen molar-refractivity contribution in [3.8, 4) is 6.07 Å². The molecule has 1 aliphatic rings. The number of nitrogens with zero attached hydrogens (tertiary/aromatic N) is 2. The molecular weight excluding hydrogens is 215 g/mol. The second-order valence-electron chi connectivity index (χ2n) is 4.59. The number of nitriles is 1. The molecule has 1 aliphatic heterocycles. The van der Waals surface area contributed by atoms with Gasteiger partial charge in [0.25, 0.3) is 0 Å². The standard InChI is InChI=1S/C13H17N2P/c14-11-13(6-8-15(16)9-7-13)10-12-4-2-1-3-5-12/h1-5H,6-10,16H2. The van der Waals surface area contributed by atoms with Gasteiger partial charge in [-0.05, 0) is 24.8 Å². The zero-order valence-corrected chi connectivity index (χ0v) is 10.5. The summed E-state index contributed by atoms with van der Waals surface area (Å²) >= 11 is 0. The third kappa shape index (κ3) is 2.61. The van der Waals surface area contributed by atoms with Crippen molar-refractivity contribution in [1.29, 1.82) is 5.26 Å². The number of hydrogen-bond donors (Lipinski definition) is 0. The Morgan fingerprint density at radius 2 is 1.88 bits per heavy atom. The van der Waals surface area contributed by atoms with Crippen molar-refractivity contribution < 1.29 is 0 Å². The van der Waals surface area contributed by atoms with Gasteiger partial charge >= 0.3 is 0 Å². The van der Waals surface area contributed by atoms with Gasteiger partial charge in [0.15, 0.2) is 0 Å². The normalized spacial score (nSPS) is 20.2. The molecule has 1 fully saturated rings. The van der Waals surface area contributed by atoms with Crippen LogP contribution in [0.5, 0.6) is 0 Å². The highest BCUT2D eigenvalue weighted by molar-refractivity contribution is 7.13. The summed E-state index contributed by atoms with van der Waals surface area (Å²) in [5.74, 6) is 0. The molecule has 0 radical (unpaired) electrons. The molecule has 1 aromatic carbocycles. The van der Waals surface area contributed by atoms with E-state index in [1.165, 1.54) is 5.56 Å². The Bertz CT molecular complexity index is 375. The molecule has 1 saturated heterocycles. The first-order valence-electron chi connectivity index (χ1n) is 5.69. The third-order valence-corrected chi connectivity index (χ3v) is 3.89. The topological polar surface area (TPSA) is 27.0 Å². The minimum atomic E-state index is -0.144. The van der Waals surface area contributed by atoms with Gasteiger partial charge in [-0.15, -0.1) is 0 Å². The van der Waals surface area contributed by atoms with Crippen molar-refractivity contribution in [2.45, 2.75) is 19.3 Å². The number of piperidine rings is 1. The Balaban J connectivity index is 2.09. The van der Waals surface area contributed by atoms with E-state index in [1.807, 2.05) is 18.2 Å². The summed E-state index contributed by atoms with van der Waals surface area (Å²) in [6.07, 6.45) is 2.84. The fourth-order valence-electron chi connectivity index (χ4n) is 2.27. The van der Waals surface area contributed by atoms with Gasteiger partial charge in [0.1, 0.15) is 0 Å². The van der Waals surface area contributed by atoms with Crippen LogP contribution in [0.15, 0.2) is 30.3 Å². The van der Waals surface area contributed by atoms with E-state index in [-0.39, 0.29) is 5.41 Å². The van der Waals surface area contributed by atoms with Crippen LogP contribution in [0.2, 0.25) is 0 Å². The first-order chi connectivity index (χ1) is 7.74. The number of rotatable bonds is 2. The highest BCUT2D eigenvalue weighted by Gasteiger charge is 2.33. The minimum absolute atomic E-state index is 0.144. The summed E-state index contributed by atoms with van der Waals surface area (Å²) in [5.41, 5.74) is 1.13. The predicted octanol–water partition coefficient (Wildman–Crippen LogP) is 2.62. The van der Waals surface area contributed by atoms with Crippen LogP contribution < -0.4 is 0 Å². The van der Waals surface area contributed by atoms with Crippen LogP contribution in [0, 0.1) is 16.7 Å². The molecule has 1 atom stereocenters. The van der Waals surface area contributed by atoms with E-state index in [4.69, 9.17) is 0 Å². The molecule has 1 heterocycles. The summed E-state index contributed by atoms with van der Waals surface area (Å²) in [6, 6.07) is 12.9. The molecule has 84 valence electrons. The highest BCUT2D eigenvalue weighted by Crippen LogP contribution is 2.35. The van der Waals surface area contributed by atoms with Crippen molar-refractivity contribution in [3.63, 3.8) is 0 Å². The van der Waals surface area contributed by atoms with Crippen molar-refractivity contribution in [2.75, 3.05) is 13.1 Å². The minimum Gasteiger partial charge on any atom is -0.287 e. The van der Waals surface area contributed by atoms with Crippen LogP contribution in [0.1, 0.15) is 18.4 Å². The second kappa shape index (κ2) is 4.95. The first-order valence-corrected chi connectivity index (χ1v) is 6.21. The van der Waals surface area contributed by atoms with Crippen molar-refractivity contribution >= 4 is 9.39 Å². The van der Waals surface area contributed by atoms with E-state index in [1.54, 1.807) is 0 Å². The van der Waals surface area contributed by atoms with E-state index in [0.29, 0.717) is 0 Å². The lowest BCUT2D eigenvalue weighted by atomic mass is 9.75. The lowest BCUT2D eigenvalue weighted by Crippen LogP contribution is -2.35. The largest absolute Gasteiger partial charge is 0.287 e. The molecule has 0 aromatic heterocycles. The maximum atomic E-state index is 9.41. The molecule has 0 saturated carbocycles. The van der Waals surface area contributed by atoms with E-state index in [2.05, 4.69) is 32.3 Å². The zero-order chi connectivity index (χ0) is 11.4. The highest BCUT2D eigenvalue weighted by atomic mass is 31.0. The molecule has 3 heteroatoms. The lowest BCUT2D eigenvalue weighted by Gasteiger charge is -2.35. The SMILES string of the molecule is N#CC1(Cc2ccccc2)CCN(P)CC1. The Morgan fingerprint density at radius 3 is 2.44 bits per heavy atom. The quantitative estimate of drug-likeness (QED) is 0.733. The maximum Gasteiger partial charge on any atom is 0.0694 e. The summed E-state index contributed by atoms with van der Waals surface area (Å²) < 4.78 is 2.22. The number of hydrogen-bond acceptors (Lipinski definition) is 2. The average molecular weight is 232 g/mol. The van der Waals surface area contributed by atoms with Crippen LogP contribution in [-0.4, -0.2) is 17.8 Å². The van der Waals surface area contributed by atoms with Gasteiger partial charge in [-0.2, -0.15) is 5.26 Å². The molecule has 2 nitrogen and oxygen atoms in total. The smallest absolute Gasteiger partial charge is 0.0694 e. The monoisotopic (exact) mass is 232 g/mol. The van der Waals surface area contributed by atoms with Crippen molar-refractivity contribution in [2.24, 2.45) is 5.41 Å². The Hall–Kier alpha value is -0.900. The molecule has 0 spiro atoms. The summed E-state index contributed by atoms with van der Waals surface area (Å²) in [5, 5.41) is 9.41. The van der Waals surface area contributed by atoms with Crippen LogP contribution in [0.3, 0.4) is 0 Å². The summed E-state index contributed by atoms with van der Waals surface area (Å²) in [6.45, 7) is 2.01. The predicted molar refractivity (Wildman–Crippen MR) is 68.7 cm³/mol. The third-order valence-electron chi connectivity index (χ3n) is 3.38. The molecule has 0 N–H and O–H groups in total. The summed E-state index contributed by atoms with van der Waals surface area (Å²) in [4.78, 5) is 0. The van der Waals surface area contributed by atoms with Gasteiger partial charge < -0.3 is 0 Å². The first kappa shape index (κ1) is 11.6.